The highest BCUT2D eigenvalue weighted by Gasteiger charge is 2.09. The van der Waals surface area contributed by atoms with Crippen molar-refractivity contribution in [1.29, 1.82) is 0 Å². The second kappa shape index (κ2) is 8.94. The lowest BCUT2D eigenvalue weighted by atomic mass is 10.1. The first-order valence-corrected chi connectivity index (χ1v) is 8.95. The van der Waals surface area contributed by atoms with E-state index in [0.29, 0.717) is 22.9 Å². The van der Waals surface area contributed by atoms with E-state index in [2.05, 4.69) is 5.32 Å². The van der Waals surface area contributed by atoms with Gasteiger partial charge in [-0.25, -0.2) is 4.39 Å². The number of halogens is 2. The number of carbonyl (C=O) groups is 1. The van der Waals surface area contributed by atoms with Gasteiger partial charge in [0.15, 0.2) is 0 Å². The fraction of sp³-hybridized carbons (Fsp3) is 0.278. The van der Waals surface area contributed by atoms with Crippen molar-refractivity contribution < 1.29 is 9.18 Å². The standard InChI is InChI=1S/C18H19ClFNOS/c1-13(14-5-3-2-4-6-14)21-18(22)9-10-23-12-15-7-8-16(20)11-17(15)19/h2-8,11,13H,9-10,12H2,1H3,(H,21,22). The largest absolute Gasteiger partial charge is 0.350 e. The molecular weight excluding hydrogens is 333 g/mol. The number of hydrogen-bond donors (Lipinski definition) is 1. The van der Waals surface area contributed by atoms with Crippen LogP contribution in [-0.4, -0.2) is 11.7 Å². The SMILES string of the molecule is CC(NC(=O)CCSCc1ccc(F)cc1Cl)c1ccccc1. The maximum atomic E-state index is 13.0. The number of benzene rings is 2. The molecule has 0 heterocycles. The van der Waals surface area contributed by atoms with Crippen LogP contribution in [-0.2, 0) is 10.5 Å². The molecule has 2 aromatic rings. The average Bonchev–Trinajstić information content (AvgIpc) is 2.54. The fourth-order valence-corrected chi connectivity index (χ4v) is 3.38. The highest BCUT2D eigenvalue weighted by atomic mass is 35.5. The van der Waals surface area contributed by atoms with Crippen molar-refractivity contribution in [3.8, 4) is 0 Å². The zero-order valence-corrected chi connectivity index (χ0v) is 14.5. The normalized spacial score (nSPS) is 12.0. The molecule has 0 fully saturated rings. The van der Waals surface area contributed by atoms with E-state index in [4.69, 9.17) is 11.6 Å². The van der Waals surface area contributed by atoms with Gasteiger partial charge in [-0.1, -0.05) is 48.0 Å². The highest BCUT2D eigenvalue weighted by molar-refractivity contribution is 7.98. The summed E-state index contributed by atoms with van der Waals surface area (Å²) >= 11 is 7.58. The van der Waals surface area contributed by atoms with E-state index in [1.807, 2.05) is 37.3 Å². The molecule has 0 bridgehead atoms. The van der Waals surface area contributed by atoms with Crippen molar-refractivity contribution in [2.45, 2.75) is 25.1 Å². The molecule has 1 amide bonds. The molecule has 0 radical (unpaired) electrons. The molecular formula is C18H19ClFNOS. The number of hydrogen-bond acceptors (Lipinski definition) is 2. The van der Waals surface area contributed by atoms with Crippen LogP contribution >= 0.6 is 23.4 Å². The number of carbonyl (C=O) groups excluding carboxylic acids is 1. The summed E-state index contributed by atoms with van der Waals surface area (Å²) in [5.74, 6) is 1.05. The lowest BCUT2D eigenvalue weighted by Crippen LogP contribution is -2.26. The van der Waals surface area contributed by atoms with Gasteiger partial charge >= 0.3 is 0 Å². The molecule has 2 rings (SSSR count). The van der Waals surface area contributed by atoms with Gasteiger partial charge in [0.05, 0.1) is 6.04 Å². The lowest BCUT2D eigenvalue weighted by Gasteiger charge is -2.14. The van der Waals surface area contributed by atoms with Crippen LogP contribution in [0.4, 0.5) is 4.39 Å². The van der Waals surface area contributed by atoms with E-state index in [0.717, 1.165) is 11.1 Å². The molecule has 0 aliphatic rings. The van der Waals surface area contributed by atoms with Crippen molar-refractivity contribution in [2.24, 2.45) is 0 Å². The molecule has 2 nitrogen and oxygen atoms in total. The second-order valence-electron chi connectivity index (χ2n) is 5.24. The van der Waals surface area contributed by atoms with Crippen molar-refractivity contribution >= 4 is 29.3 Å². The molecule has 0 spiro atoms. The maximum absolute atomic E-state index is 13.0. The van der Waals surface area contributed by atoms with Crippen molar-refractivity contribution in [2.75, 3.05) is 5.75 Å². The third-order valence-electron chi connectivity index (χ3n) is 3.42. The third-order valence-corrected chi connectivity index (χ3v) is 4.78. The van der Waals surface area contributed by atoms with E-state index in [9.17, 15) is 9.18 Å². The van der Waals surface area contributed by atoms with Gasteiger partial charge in [0.25, 0.3) is 0 Å². The topological polar surface area (TPSA) is 29.1 Å². The number of thioether (sulfide) groups is 1. The molecule has 0 aromatic heterocycles. The van der Waals surface area contributed by atoms with E-state index in [1.165, 1.54) is 12.1 Å². The first kappa shape index (κ1) is 17.8. The zero-order chi connectivity index (χ0) is 16.7. The van der Waals surface area contributed by atoms with Gasteiger partial charge in [-0.3, -0.25) is 4.79 Å². The first-order chi connectivity index (χ1) is 11.1. The van der Waals surface area contributed by atoms with Crippen molar-refractivity contribution in [3.63, 3.8) is 0 Å². The molecule has 23 heavy (non-hydrogen) atoms. The predicted molar refractivity (Wildman–Crippen MR) is 95.2 cm³/mol. The van der Waals surface area contributed by atoms with Crippen LogP contribution < -0.4 is 5.32 Å². The summed E-state index contributed by atoms with van der Waals surface area (Å²) in [6.45, 7) is 1.97. The number of amides is 1. The van der Waals surface area contributed by atoms with Crippen LogP contribution in [0.3, 0.4) is 0 Å². The van der Waals surface area contributed by atoms with Gasteiger partial charge in [-0.15, -0.1) is 0 Å². The molecule has 0 aliphatic carbocycles. The summed E-state index contributed by atoms with van der Waals surface area (Å²) in [5, 5.41) is 3.42. The first-order valence-electron chi connectivity index (χ1n) is 7.42. The van der Waals surface area contributed by atoms with E-state index >= 15 is 0 Å². The monoisotopic (exact) mass is 351 g/mol. The van der Waals surface area contributed by atoms with Gasteiger partial charge in [-0.05, 0) is 30.2 Å². The van der Waals surface area contributed by atoms with Gasteiger partial charge in [0.2, 0.25) is 5.91 Å². The Bertz CT molecular complexity index is 651. The summed E-state index contributed by atoms with van der Waals surface area (Å²) in [5.41, 5.74) is 1.97. The van der Waals surface area contributed by atoms with E-state index in [1.54, 1.807) is 17.8 Å². The fourth-order valence-electron chi connectivity index (χ4n) is 2.12. The average molecular weight is 352 g/mol. The van der Waals surface area contributed by atoms with Crippen LogP contribution in [0.25, 0.3) is 0 Å². The molecule has 2 aromatic carbocycles. The van der Waals surface area contributed by atoms with Gasteiger partial charge in [0.1, 0.15) is 5.82 Å². The molecule has 5 heteroatoms. The van der Waals surface area contributed by atoms with Crippen molar-refractivity contribution in [1.82, 2.24) is 5.32 Å². The summed E-state index contributed by atoms with van der Waals surface area (Å²) in [6.07, 6.45) is 0.445. The number of rotatable bonds is 7. The molecule has 0 aliphatic heterocycles. The Hall–Kier alpha value is -1.52. The van der Waals surface area contributed by atoms with E-state index < -0.39 is 0 Å². The minimum Gasteiger partial charge on any atom is -0.350 e. The Labute approximate surface area is 145 Å². The quantitative estimate of drug-likeness (QED) is 0.713. The molecule has 0 saturated heterocycles. The summed E-state index contributed by atoms with van der Waals surface area (Å²) in [4.78, 5) is 11.9. The molecule has 1 unspecified atom stereocenters. The van der Waals surface area contributed by atoms with Crippen LogP contribution in [0, 0.1) is 5.82 Å². The lowest BCUT2D eigenvalue weighted by molar-refractivity contribution is -0.121. The van der Waals surface area contributed by atoms with Crippen molar-refractivity contribution in [3.05, 3.63) is 70.5 Å². The van der Waals surface area contributed by atoms with Crippen LogP contribution in [0.5, 0.6) is 0 Å². The zero-order valence-electron chi connectivity index (χ0n) is 12.9. The Morgan fingerprint density at radius 1 is 1.26 bits per heavy atom. The summed E-state index contributed by atoms with van der Waals surface area (Å²) in [7, 11) is 0. The summed E-state index contributed by atoms with van der Waals surface area (Å²) in [6, 6.07) is 14.3. The highest BCUT2D eigenvalue weighted by Crippen LogP contribution is 2.22. The third kappa shape index (κ3) is 5.88. The van der Waals surface area contributed by atoms with Gasteiger partial charge in [-0.2, -0.15) is 11.8 Å². The Kier molecular flexibility index (Phi) is 6.93. The summed E-state index contributed by atoms with van der Waals surface area (Å²) < 4.78 is 13.0. The van der Waals surface area contributed by atoms with Crippen LogP contribution in [0.15, 0.2) is 48.5 Å². The second-order valence-corrected chi connectivity index (χ2v) is 6.75. The van der Waals surface area contributed by atoms with Crippen LogP contribution in [0.1, 0.15) is 30.5 Å². The molecule has 1 atom stereocenters. The predicted octanol–water partition coefficient (Wildman–Crippen LogP) is 4.98. The van der Waals surface area contributed by atoms with Gasteiger partial charge in [0, 0.05) is 22.9 Å². The molecule has 0 saturated carbocycles. The Morgan fingerprint density at radius 2 is 2.00 bits per heavy atom. The smallest absolute Gasteiger partial charge is 0.221 e. The van der Waals surface area contributed by atoms with Gasteiger partial charge < -0.3 is 5.32 Å². The maximum Gasteiger partial charge on any atom is 0.221 e. The Balaban J connectivity index is 1.70. The van der Waals surface area contributed by atoms with E-state index in [-0.39, 0.29) is 17.8 Å². The minimum atomic E-state index is -0.335. The minimum absolute atomic E-state index is 0.000225. The number of nitrogens with one attached hydrogen (secondary N) is 1. The molecule has 1 N–H and O–H groups in total. The Morgan fingerprint density at radius 3 is 2.70 bits per heavy atom. The van der Waals surface area contributed by atoms with Crippen LogP contribution in [0.2, 0.25) is 5.02 Å². The molecule has 122 valence electrons.